The van der Waals surface area contributed by atoms with Gasteiger partial charge in [-0.3, -0.25) is 15.3 Å². The van der Waals surface area contributed by atoms with Gasteiger partial charge in [-0.25, -0.2) is 9.99 Å². The molecule has 16 heteroatoms. The topological polar surface area (TPSA) is 107 Å². The third kappa shape index (κ3) is 8.18. The van der Waals surface area contributed by atoms with Gasteiger partial charge in [-0.15, -0.1) is 0 Å². The van der Waals surface area contributed by atoms with Crippen molar-refractivity contribution in [1.29, 1.82) is 0 Å². The Balaban J connectivity index is 1.21. The van der Waals surface area contributed by atoms with Crippen LogP contribution in [0.1, 0.15) is 43.2 Å². The average Bonchev–Trinajstić information content (AvgIpc) is 3.18. The number of alkyl halides is 6. The molecule has 1 aliphatic carbocycles. The van der Waals surface area contributed by atoms with E-state index in [-0.39, 0.29) is 24.6 Å². The highest BCUT2D eigenvalue weighted by molar-refractivity contribution is 5.55. The highest BCUT2D eigenvalue weighted by atomic mass is 19.4. The molecule has 0 amide bonds. The highest BCUT2D eigenvalue weighted by Crippen LogP contribution is 2.38. The molecule has 2 heterocycles. The van der Waals surface area contributed by atoms with Gasteiger partial charge in [-0.05, 0) is 56.4 Å². The predicted octanol–water partition coefficient (Wildman–Crippen LogP) is 5.54. The minimum absolute atomic E-state index is 0.0986. The summed E-state index contributed by atoms with van der Waals surface area (Å²) in [6, 6.07) is 5.04. The quantitative estimate of drug-likeness (QED) is 0.177. The molecule has 1 aliphatic heterocycles. The van der Waals surface area contributed by atoms with Crippen molar-refractivity contribution in [3.8, 4) is 0 Å². The monoisotopic (exact) mass is 592 g/mol. The molecule has 226 valence electrons. The van der Waals surface area contributed by atoms with Crippen LogP contribution in [-0.4, -0.2) is 70.4 Å². The van der Waals surface area contributed by atoms with Crippen LogP contribution in [0.5, 0.6) is 0 Å². The summed E-state index contributed by atoms with van der Waals surface area (Å²) in [5.74, 6) is 0.425. The van der Waals surface area contributed by atoms with Gasteiger partial charge in [0.25, 0.3) is 5.69 Å². The maximum absolute atomic E-state index is 13.3. The van der Waals surface area contributed by atoms with E-state index >= 15 is 0 Å². The van der Waals surface area contributed by atoms with Crippen LogP contribution in [0.4, 0.5) is 43.5 Å². The second-order valence-electron chi connectivity index (χ2n) is 9.97. The van der Waals surface area contributed by atoms with Crippen molar-refractivity contribution in [1.82, 2.24) is 15.2 Å². The van der Waals surface area contributed by atoms with E-state index in [1.807, 2.05) is 4.90 Å². The number of nitro benzene ring substituents is 1. The number of hydrogen-bond acceptors (Lipinski definition) is 9. The number of ether oxygens (including phenoxy) is 1. The van der Waals surface area contributed by atoms with Crippen LogP contribution >= 0.6 is 0 Å². The SMILES string of the molecule is O=[N+]([O-])c1ccc(NC2CCC(OCN(O)N3CCCN(c4ccc(C(F)(F)F)cn4)CC3)CC2)cc1C(F)(F)F. The zero-order valence-electron chi connectivity index (χ0n) is 21.9. The lowest BCUT2D eigenvalue weighted by molar-refractivity contribution is -0.388. The molecule has 1 saturated carbocycles. The minimum Gasteiger partial charge on any atom is -0.382 e. The van der Waals surface area contributed by atoms with E-state index in [1.165, 1.54) is 12.1 Å². The molecule has 2 N–H and O–H groups in total. The second-order valence-corrected chi connectivity index (χ2v) is 9.97. The summed E-state index contributed by atoms with van der Waals surface area (Å²) < 4.78 is 84.0. The Bertz CT molecular complexity index is 1170. The maximum Gasteiger partial charge on any atom is 0.423 e. The van der Waals surface area contributed by atoms with E-state index in [2.05, 4.69) is 10.3 Å². The zero-order valence-corrected chi connectivity index (χ0v) is 21.9. The van der Waals surface area contributed by atoms with Gasteiger partial charge < -0.3 is 15.0 Å². The van der Waals surface area contributed by atoms with Gasteiger partial charge >= 0.3 is 12.4 Å². The Morgan fingerprint density at radius 1 is 1.02 bits per heavy atom. The molecule has 0 unspecified atom stereocenters. The maximum atomic E-state index is 13.3. The van der Waals surface area contributed by atoms with Crippen LogP contribution in [0.25, 0.3) is 0 Å². The summed E-state index contributed by atoms with van der Waals surface area (Å²) in [7, 11) is 0. The largest absolute Gasteiger partial charge is 0.423 e. The summed E-state index contributed by atoms with van der Waals surface area (Å²) in [6.07, 6.45) is -5.68. The van der Waals surface area contributed by atoms with Crippen molar-refractivity contribution in [2.24, 2.45) is 0 Å². The number of benzene rings is 1. The first-order chi connectivity index (χ1) is 19.3. The second kappa shape index (κ2) is 12.8. The van der Waals surface area contributed by atoms with E-state index in [1.54, 1.807) is 5.01 Å². The van der Waals surface area contributed by atoms with E-state index < -0.39 is 34.1 Å². The molecule has 1 aromatic heterocycles. The van der Waals surface area contributed by atoms with Crippen molar-refractivity contribution in [3.05, 3.63) is 57.8 Å². The number of hydrogen-bond donors (Lipinski definition) is 2. The van der Waals surface area contributed by atoms with E-state index in [0.717, 1.165) is 29.6 Å². The molecule has 0 atom stereocenters. The first kappa shape index (κ1) is 30.7. The first-order valence-corrected chi connectivity index (χ1v) is 13.0. The normalized spacial score (nSPS) is 21.1. The van der Waals surface area contributed by atoms with Crippen LogP contribution in [0.3, 0.4) is 0 Å². The molecule has 2 aliphatic rings. The summed E-state index contributed by atoms with van der Waals surface area (Å²) in [6.45, 7) is 1.79. The van der Waals surface area contributed by atoms with Gasteiger partial charge in [0.2, 0.25) is 0 Å². The van der Waals surface area contributed by atoms with Crippen molar-refractivity contribution in [2.45, 2.75) is 56.6 Å². The minimum atomic E-state index is -4.85. The Morgan fingerprint density at radius 3 is 2.37 bits per heavy atom. The molecule has 2 fully saturated rings. The molecule has 2 aromatic rings. The summed E-state index contributed by atoms with van der Waals surface area (Å²) in [5, 5.41) is 27.2. The van der Waals surface area contributed by atoms with Crippen LogP contribution < -0.4 is 10.2 Å². The number of pyridine rings is 1. The lowest BCUT2D eigenvalue weighted by Crippen LogP contribution is -2.45. The van der Waals surface area contributed by atoms with Crippen LogP contribution in [-0.2, 0) is 17.1 Å². The van der Waals surface area contributed by atoms with Crippen LogP contribution in [0, 0.1) is 10.1 Å². The number of nitrogens with zero attached hydrogens (tertiary/aromatic N) is 5. The molecule has 41 heavy (non-hydrogen) atoms. The Kier molecular flexibility index (Phi) is 9.56. The van der Waals surface area contributed by atoms with Gasteiger partial charge in [0, 0.05) is 50.2 Å². The van der Waals surface area contributed by atoms with E-state index in [9.17, 15) is 41.7 Å². The van der Waals surface area contributed by atoms with Crippen molar-refractivity contribution in [2.75, 3.05) is 43.1 Å². The smallest absolute Gasteiger partial charge is 0.382 e. The van der Waals surface area contributed by atoms with Crippen LogP contribution in [0.15, 0.2) is 36.5 Å². The Morgan fingerprint density at radius 2 is 1.76 bits per heavy atom. The number of nitrogens with one attached hydrogen (secondary N) is 1. The zero-order chi connectivity index (χ0) is 29.8. The average molecular weight is 593 g/mol. The number of halogens is 6. The third-order valence-electron chi connectivity index (χ3n) is 7.17. The number of anilines is 2. The molecule has 1 aromatic carbocycles. The van der Waals surface area contributed by atoms with Crippen molar-refractivity contribution >= 4 is 17.2 Å². The van der Waals surface area contributed by atoms with Gasteiger partial charge in [-0.2, -0.15) is 26.3 Å². The lowest BCUT2D eigenvalue weighted by Gasteiger charge is -2.33. The number of hydrazine groups is 1. The number of hydroxylamine groups is 1. The van der Waals surface area contributed by atoms with Gasteiger partial charge in [-0.1, -0.05) is 5.17 Å². The lowest BCUT2D eigenvalue weighted by atomic mass is 9.92. The molecular weight excluding hydrogens is 562 g/mol. The fourth-order valence-electron chi connectivity index (χ4n) is 4.98. The van der Waals surface area contributed by atoms with E-state index in [0.29, 0.717) is 64.1 Å². The van der Waals surface area contributed by atoms with Gasteiger partial charge in [0.05, 0.1) is 16.6 Å². The number of aromatic nitrogens is 1. The molecule has 0 spiro atoms. The molecule has 10 nitrogen and oxygen atoms in total. The van der Waals surface area contributed by atoms with Crippen molar-refractivity contribution in [3.63, 3.8) is 0 Å². The van der Waals surface area contributed by atoms with Crippen LogP contribution in [0.2, 0.25) is 0 Å². The molecule has 0 bridgehead atoms. The standard InChI is InChI=1S/C25H30F6N6O4/c26-24(27,28)17-2-9-23(32-15-17)34-10-1-11-35(13-12-34)36(38)16-41-20-6-3-18(4-7-20)33-19-5-8-22(37(39)40)21(14-19)25(29,30)31/h2,5,8-9,14-15,18,20,33,38H,1,3-4,6-7,10-13,16H2. The fourth-order valence-corrected chi connectivity index (χ4v) is 4.98. The molecule has 4 rings (SSSR count). The predicted molar refractivity (Wildman–Crippen MR) is 135 cm³/mol. The Hall–Kier alpha value is -3.21. The Labute approximate surface area is 231 Å². The van der Waals surface area contributed by atoms with Crippen molar-refractivity contribution < 1.29 is 41.2 Å². The fraction of sp³-hybridized carbons (Fsp3) is 0.560. The first-order valence-electron chi connectivity index (χ1n) is 13.0. The molecule has 1 saturated heterocycles. The van der Waals surface area contributed by atoms with Gasteiger partial charge in [0.15, 0.2) is 0 Å². The summed E-state index contributed by atoms with van der Waals surface area (Å²) in [5.41, 5.74) is -2.97. The molecule has 0 radical (unpaired) electrons. The number of rotatable bonds is 8. The summed E-state index contributed by atoms with van der Waals surface area (Å²) in [4.78, 5) is 15.7. The van der Waals surface area contributed by atoms with E-state index in [4.69, 9.17) is 4.74 Å². The third-order valence-corrected chi connectivity index (χ3v) is 7.17. The van der Waals surface area contributed by atoms with Gasteiger partial charge in [0.1, 0.15) is 18.1 Å². The molecular formula is C25H30F6N6O4. The summed E-state index contributed by atoms with van der Waals surface area (Å²) >= 11 is 0. The highest BCUT2D eigenvalue weighted by Gasteiger charge is 2.38. The number of nitro groups is 1.